The van der Waals surface area contributed by atoms with Gasteiger partial charge < -0.3 is 20.3 Å². The molecule has 4 aromatic rings. The van der Waals surface area contributed by atoms with Gasteiger partial charge in [0.15, 0.2) is 5.82 Å². The van der Waals surface area contributed by atoms with E-state index in [1.807, 2.05) is 42.5 Å². The maximum atomic E-state index is 13.2. The van der Waals surface area contributed by atoms with E-state index >= 15 is 0 Å². The van der Waals surface area contributed by atoms with Crippen LogP contribution in [0.2, 0.25) is 0 Å². The van der Waals surface area contributed by atoms with Gasteiger partial charge in [-0.2, -0.15) is 0 Å². The van der Waals surface area contributed by atoms with Crippen LogP contribution < -0.4 is 20.3 Å². The summed E-state index contributed by atoms with van der Waals surface area (Å²) in [5, 5.41) is 5.89. The number of rotatable bonds is 5. The Bertz CT molecular complexity index is 1480. The smallest absolute Gasteiger partial charge is 0.323 e. The van der Waals surface area contributed by atoms with Crippen molar-refractivity contribution < 1.29 is 9.53 Å². The summed E-state index contributed by atoms with van der Waals surface area (Å²) in [5.74, 6) is 1.72. The van der Waals surface area contributed by atoms with Crippen LogP contribution in [0.15, 0.2) is 85.2 Å². The molecule has 2 aromatic carbocycles. The highest BCUT2D eigenvalue weighted by molar-refractivity contribution is 6.02. The van der Waals surface area contributed by atoms with Gasteiger partial charge in [0.05, 0.1) is 5.69 Å². The Morgan fingerprint density at radius 3 is 2.32 bits per heavy atom. The molecule has 0 unspecified atom stereocenters. The predicted molar refractivity (Wildman–Crippen MR) is 153 cm³/mol. The Morgan fingerprint density at radius 2 is 1.53 bits per heavy atom. The number of hydrogen-bond donors (Lipinski definition) is 2. The molecule has 38 heavy (non-hydrogen) atoms. The van der Waals surface area contributed by atoms with Gasteiger partial charge in [-0.3, -0.25) is 0 Å². The topological polar surface area (TPSA) is 79.4 Å². The first-order valence-corrected chi connectivity index (χ1v) is 12.8. The van der Waals surface area contributed by atoms with Gasteiger partial charge in [0.25, 0.3) is 0 Å². The van der Waals surface area contributed by atoms with Crippen molar-refractivity contribution in [1.82, 2.24) is 9.97 Å². The van der Waals surface area contributed by atoms with Crippen molar-refractivity contribution in [2.45, 2.75) is 45.4 Å². The number of aromatic nitrogens is 2. The molecule has 194 valence electrons. The zero-order chi connectivity index (χ0) is 26.9. The van der Waals surface area contributed by atoms with E-state index in [4.69, 9.17) is 4.74 Å². The third kappa shape index (κ3) is 5.05. The summed E-state index contributed by atoms with van der Waals surface area (Å²) < 4.78 is 6.21. The Morgan fingerprint density at radius 1 is 0.868 bits per heavy atom. The minimum atomic E-state index is -0.409. The third-order valence-corrected chi connectivity index (χ3v) is 6.69. The number of carbonyl (C=O) groups is 1. The summed E-state index contributed by atoms with van der Waals surface area (Å²) in [6, 6.07) is 23.0. The predicted octanol–water partition coefficient (Wildman–Crippen LogP) is 7.64. The number of anilines is 4. The quantitative estimate of drug-likeness (QED) is 0.290. The second-order valence-electron chi connectivity index (χ2n) is 11.1. The number of carbonyl (C=O) groups excluding carboxylic acids is 1. The average Bonchev–Trinajstić information content (AvgIpc) is 3.16. The van der Waals surface area contributed by atoms with E-state index in [0.29, 0.717) is 28.8 Å². The second kappa shape index (κ2) is 9.82. The van der Waals surface area contributed by atoms with Gasteiger partial charge in [-0.15, -0.1) is 0 Å². The lowest BCUT2D eigenvalue weighted by Gasteiger charge is -2.24. The Labute approximate surface area is 223 Å². The van der Waals surface area contributed by atoms with Crippen LogP contribution >= 0.6 is 0 Å². The molecular weight excluding hydrogens is 474 g/mol. The summed E-state index contributed by atoms with van der Waals surface area (Å²) in [5.41, 5.74) is 4.33. The van der Waals surface area contributed by atoms with Crippen LogP contribution in [0, 0.1) is 0 Å². The molecule has 1 aliphatic heterocycles. The SMILES string of the molecule is CC(C)(C)c1ccccc1Oc1ncccc1NC(=O)Nc1cccnc1N1CC(C)(C)c2ccccc21. The first-order valence-electron chi connectivity index (χ1n) is 12.8. The first kappa shape index (κ1) is 25.3. The van der Waals surface area contributed by atoms with Crippen molar-refractivity contribution in [2.24, 2.45) is 0 Å². The number of nitrogens with zero attached hydrogens (tertiary/aromatic N) is 3. The highest BCUT2D eigenvalue weighted by Gasteiger charge is 2.36. The van der Waals surface area contributed by atoms with Gasteiger partial charge in [-0.25, -0.2) is 14.8 Å². The summed E-state index contributed by atoms with van der Waals surface area (Å²) >= 11 is 0. The maximum Gasteiger partial charge on any atom is 0.323 e. The van der Waals surface area contributed by atoms with Crippen molar-refractivity contribution in [2.75, 3.05) is 22.1 Å². The lowest BCUT2D eigenvalue weighted by Crippen LogP contribution is -2.27. The fraction of sp³-hybridized carbons (Fsp3) is 0.258. The largest absolute Gasteiger partial charge is 0.437 e. The van der Waals surface area contributed by atoms with Crippen LogP contribution in [0.25, 0.3) is 0 Å². The van der Waals surface area contributed by atoms with Gasteiger partial charge in [0, 0.05) is 35.6 Å². The molecule has 2 N–H and O–H groups in total. The Kier molecular flexibility index (Phi) is 6.53. The number of amides is 2. The van der Waals surface area contributed by atoms with Crippen molar-refractivity contribution >= 4 is 28.9 Å². The molecule has 0 spiro atoms. The minimum absolute atomic E-state index is 0.0427. The molecule has 0 saturated carbocycles. The van der Waals surface area contributed by atoms with E-state index in [0.717, 1.165) is 17.8 Å². The van der Waals surface area contributed by atoms with Crippen LogP contribution in [-0.2, 0) is 10.8 Å². The van der Waals surface area contributed by atoms with Gasteiger partial charge in [-0.05, 0) is 47.4 Å². The lowest BCUT2D eigenvalue weighted by molar-refractivity contribution is 0.262. The van der Waals surface area contributed by atoms with E-state index in [2.05, 4.69) is 78.3 Å². The number of hydrogen-bond acceptors (Lipinski definition) is 5. The number of ether oxygens (including phenoxy) is 1. The van der Waals surface area contributed by atoms with E-state index in [-0.39, 0.29) is 10.8 Å². The number of pyridine rings is 2. The summed E-state index contributed by atoms with van der Waals surface area (Å²) in [6.07, 6.45) is 3.38. The van der Waals surface area contributed by atoms with E-state index < -0.39 is 6.03 Å². The fourth-order valence-corrected chi connectivity index (χ4v) is 4.87. The number of fused-ring (bicyclic) bond motifs is 1. The van der Waals surface area contributed by atoms with Crippen LogP contribution in [0.4, 0.5) is 27.7 Å². The van der Waals surface area contributed by atoms with Crippen LogP contribution in [0.3, 0.4) is 0 Å². The maximum absolute atomic E-state index is 13.2. The minimum Gasteiger partial charge on any atom is -0.437 e. The Balaban J connectivity index is 1.38. The molecule has 0 fully saturated rings. The number of benzene rings is 2. The molecule has 0 radical (unpaired) electrons. The molecule has 5 rings (SSSR count). The molecule has 3 heterocycles. The third-order valence-electron chi connectivity index (χ3n) is 6.69. The molecule has 0 atom stereocenters. The molecule has 1 aliphatic rings. The molecule has 7 nitrogen and oxygen atoms in total. The van der Waals surface area contributed by atoms with Crippen LogP contribution in [-0.4, -0.2) is 22.5 Å². The normalized spacial score (nSPS) is 14.1. The summed E-state index contributed by atoms with van der Waals surface area (Å²) in [6.45, 7) is 11.6. The monoisotopic (exact) mass is 507 g/mol. The van der Waals surface area contributed by atoms with Crippen LogP contribution in [0.5, 0.6) is 11.6 Å². The molecule has 0 aliphatic carbocycles. The van der Waals surface area contributed by atoms with Crippen molar-refractivity contribution in [3.05, 3.63) is 96.3 Å². The zero-order valence-electron chi connectivity index (χ0n) is 22.4. The van der Waals surface area contributed by atoms with E-state index in [1.54, 1.807) is 24.5 Å². The summed E-state index contributed by atoms with van der Waals surface area (Å²) in [7, 11) is 0. The van der Waals surface area contributed by atoms with E-state index in [1.165, 1.54) is 5.56 Å². The summed E-state index contributed by atoms with van der Waals surface area (Å²) in [4.78, 5) is 24.4. The molecule has 2 aromatic heterocycles. The molecule has 7 heteroatoms. The average molecular weight is 508 g/mol. The Hall–Kier alpha value is -4.39. The number of nitrogens with one attached hydrogen (secondary N) is 2. The van der Waals surface area contributed by atoms with Gasteiger partial charge in [0.1, 0.15) is 11.4 Å². The molecular formula is C31H33N5O2. The van der Waals surface area contributed by atoms with E-state index in [9.17, 15) is 4.79 Å². The molecule has 2 amide bonds. The number of para-hydroxylation sites is 2. The van der Waals surface area contributed by atoms with Gasteiger partial charge in [0.2, 0.25) is 5.88 Å². The number of urea groups is 1. The highest BCUT2D eigenvalue weighted by atomic mass is 16.5. The lowest BCUT2D eigenvalue weighted by atomic mass is 9.86. The fourth-order valence-electron chi connectivity index (χ4n) is 4.87. The second-order valence-corrected chi connectivity index (χ2v) is 11.1. The molecule has 0 bridgehead atoms. The van der Waals surface area contributed by atoms with Crippen molar-refractivity contribution in [3.8, 4) is 11.6 Å². The molecule has 0 saturated heterocycles. The standard InChI is InChI=1S/C31H33N5O2/c1-30(2,3)22-13-7-9-17-26(22)38-28-24(15-11-19-33-28)35-29(37)34-23-14-10-18-32-27(23)36-20-31(4,5)21-12-6-8-16-25(21)36/h6-19H,20H2,1-5H3,(H2,34,35,37). The van der Waals surface area contributed by atoms with Gasteiger partial charge >= 0.3 is 6.03 Å². The zero-order valence-corrected chi connectivity index (χ0v) is 22.4. The van der Waals surface area contributed by atoms with Crippen LogP contribution in [0.1, 0.15) is 45.7 Å². The van der Waals surface area contributed by atoms with Crippen molar-refractivity contribution in [3.63, 3.8) is 0 Å². The van der Waals surface area contributed by atoms with Gasteiger partial charge in [-0.1, -0.05) is 71.0 Å². The highest BCUT2D eigenvalue weighted by Crippen LogP contribution is 2.45. The first-order chi connectivity index (χ1) is 18.1. The van der Waals surface area contributed by atoms with Crippen molar-refractivity contribution in [1.29, 1.82) is 0 Å².